The Bertz CT molecular complexity index is 466. The van der Waals surface area contributed by atoms with E-state index in [1.54, 1.807) is 17.9 Å². The van der Waals surface area contributed by atoms with E-state index in [2.05, 4.69) is 5.10 Å². The Labute approximate surface area is 88.4 Å². The molecule has 1 aromatic heterocycles. The average molecular weight is 200 g/mol. The van der Waals surface area contributed by atoms with E-state index < -0.39 is 0 Å². The van der Waals surface area contributed by atoms with Gasteiger partial charge in [0.2, 0.25) is 5.78 Å². The monoisotopic (exact) mass is 200 g/mol. The zero-order valence-corrected chi connectivity index (χ0v) is 8.77. The molecule has 0 unspecified atom stereocenters. The van der Waals surface area contributed by atoms with Crippen LogP contribution in [0, 0.1) is 6.92 Å². The quantitative estimate of drug-likeness (QED) is 0.694. The Morgan fingerprint density at radius 2 is 1.93 bits per heavy atom. The summed E-state index contributed by atoms with van der Waals surface area (Å²) in [4.78, 5) is 12.1. The highest BCUT2D eigenvalue weighted by Crippen LogP contribution is 2.12. The van der Waals surface area contributed by atoms with Crippen LogP contribution in [0.1, 0.15) is 21.6 Å². The lowest BCUT2D eigenvalue weighted by Gasteiger charge is -2.02. The van der Waals surface area contributed by atoms with E-state index >= 15 is 0 Å². The van der Waals surface area contributed by atoms with E-state index in [9.17, 15) is 4.79 Å². The summed E-state index contributed by atoms with van der Waals surface area (Å²) in [5.74, 6) is 0.0214. The number of carbonyl (C=O) groups excluding carboxylic acids is 1. The first-order valence-corrected chi connectivity index (χ1v) is 4.78. The van der Waals surface area contributed by atoms with Crippen LogP contribution in [0.4, 0.5) is 0 Å². The summed E-state index contributed by atoms with van der Waals surface area (Å²) in [5.41, 5.74) is 2.26. The zero-order valence-electron chi connectivity index (χ0n) is 8.77. The van der Waals surface area contributed by atoms with Crippen molar-refractivity contribution in [3.63, 3.8) is 0 Å². The van der Waals surface area contributed by atoms with E-state index in [0.29, 0.717) is 11.3 Å². The van der Waals surface area contributed by atoms with Crippen LogP contribution in [0.15, 0.2) is 36.5 Å². The summed E-state index contributed by atoms with van der Waals surface area (Å²) >= 11 is 0. The molecule has 1 heterocycles. The van der Waals surface area contributed by atoms with Crippen LogP contribution in [0.2, 0.25) is 0 Å². The number of benzene rings is 1. The number of rotatable bonds is 2. The lowest BCUT2D eigenvalue weighted by atomic mass is 10.1. The van der Waals surface area contributed by atoms with Crippen molar-refractivity contribution in [1.29, 1.82) is 0 Å². The molecule has 0 aliphatic heterocycles. The van der Waals surface area contributed by atoms with E-state index in [1.165, 1.54) is 0 Å². The summed E-state index contributed by atoms with van der Waals surface area (Å²) < 4.78 is 1.62. The molecule has 0 saturated heterocycles. The Morgan fingerprint density at radius 1 is 1.27 bits per heavy atom. The van der Waals surface area contributed by atoms with Crippen LogP contribution in [-0.4, -0.2) is 15.6 Å². The van der Waals surface area contributed by atoms with Gasteiger partial charge in [-0.15, -0.1) is 0 Å². The number of carbonyl (C=O) groups is 1. The highest BCUT2D eigenvalue weighted by atomic mass is 16.1. The normalized spacial score (nSPS) is 10.3. The third-order valence-corrected chi connectivity index (χ3v) is 2.37. The van der Waals surface area contributed by atoms with Crippen molar-refractivity contribution in [1.82, 2.24) is 9.78 Å². The zero-order chi connectivity index (χ0) is 10.8. The molecule has 76 valence electrons. The number of hydrogen-bond acceptors (Lipinski definition) is 2. The molecule has 0 amide bonds. The molecule has 0 atom stereocenters. The molecule has 0 radical (unpaired) electrons. The SMILES string of the molecule is Cc1cnn(C)c1C(=O)c1ccccc1. The van der Waals surface area contributed by atoms with Crippen LogP contribution in [0.5, 0.6) is 0 Å². The van der Waals surface area contributed by atoms with Gasteiger partial charge in [-0.1, -0.05) is 30.3 Å². The minimum absolute atomic E-state index is 0.0214. The second-order valence-corrected chi connectivity index (χ2v) is 3.49. The van der Waals surface area contributed by atoms with Gasteiger partial charge >= 0.3 is 0 Å². The highest BCUT2D eigenvalue weighted by molar-refractivity contribution is 6.08. The number of hydrogen-bond donors (Lipinski definition) is 0. The van der Waals surface area contributed by atoms with Crippen molar-refractivity contribution >= 4 is 5.78 Å². The molecular weight excluding hydrogens is 188 g/mol. The van der Waals surface area contributed by atoms with Gasteiger partial charge in [-0.05, 0) is 12.5 Å². The lowest BCUT2D eigenvalue weighted by molar-refractivity contribution is 0.102. The van der Waals surface area contributed by atoms with Crippen molar-refractivity contribution in [2.75, 3.05) is 0 Å². The standard InChI is InChI=1S/C12H12N2O/c1-9-8-13-14(2)11(9)12(15)10-6-4-3-5-7-10/h3-8H,1-2H3. The summed E-state index contributed by atoms with van der Waals surface area (Å²) in [7, 11) is 1.78. The molecular formula is C12H12N2O. The molecule has 3 nitrogen and oxygen atoms in total. The molecule has 0 fully saturated rings. The first kappa shape index (κ1) is 9.65. The molecule has 3 heteroatoms. The number of nitrogens with zero attached hydrogens (tertiary/aromatic N) is 2. The van der Waals surface area contributed by atoms with Crippen LogP contribution in [0.3, 0.4) is 0 Å². The predicted octanol–water partition coefficient (Wildman–Crippen LogP) is 1.96. The van der Waals surface area contributed by atoms with E-state index in [-0.39, 0.29) is 5.78 Å². The van der Waals surface area contributed by atoms with E-state index in [0.717, 1.165) is 5.56 Å². The van der Waals surface area contributed by atoms with Crippen molar-refractivity contribution in [2.24, 2.45) is 7.05 Å². The summed E-state index contributed by atoms with van der Waals surface area (Å²) in [5, 5.41) is 4.06. The van der Waals surface area contributed by atoms with Crippen LogP contribution < -0.4 is 0 Å². The van der Waals surface area contributed by atoms with Gasteiger partial charge in [0.05, 0.1) is 6.20 Å². The Kier molecular flexibility index (Phi) is 2.37. The molecule has 0 aliphatic carbocycles. The number of ketones is 1. The molecule has 0 saturated carbocycles. The molecule has 0 spiro atoms. The fourth-order valence-corrected chi connectivity index (χ4v) is 1.60. The molecule has 2 rings (SSSR count). The third-order valence-electron chi connectivity index (χ3n) is 2.37. The lowest BCUT2D eigenvalue weighted by Crippen LogP contribution is -2.09. The third kappa shape index (κ3) is 1.68. The molecule has 0 aliphatic rings. The number of aryl methyl sites for hydroxylation is 2. The van der Waals surface area contributed by atoms with Crippen molar-refractivity contribution < 1.29 is 4.79 Å². The Morgan fingerprint density at radius 3 is 2.47 bits per heavy atom. The smallest absolute Gasteiger partial charge is 0.211 e. The van der Waals surface area contributed by atoms with Crippen LogP contribution in [-0.2, 0) is 7.05 Å². The second kappa shape index (κ2) is 3.69. The van der Waals surface area contributed by atoms with Gasteiger partial charge < -0.3 is 0 Å². The Hall–Kier alpha value is -1.90. The second-order valence-electron chi connectivity index (χ2n) is 3.49. The van der Waals surface area contributed by atoms with Gasteiger partial charge in [0.1, 0.15) is 5.69 Å². The maximum absolute atomic E-state index is 12.1. The van der Waals surface area contributed by atoms with Gasteiger partial charge in [-0.2, -0.15) is 5.10 Å². The van der Waals surface area contributed by atoms with Gasteiger partial charge in [0, 0.05) is 12.6 Å². The summed E-state index contributed by atoms with van der Waals surface area (Å²) in [6, 6.07) is 9.24. The van der Waals surface area contributed by atoms with Crippen molar-refractivity contribution in [3.05, 3.63) is 53.3 Å². The summed E-state index contributed by atoms with van der Waals surface area (Å²) in [6.45, 7) is 1.89. The predicted molar refractivity (Wildman–Crippen MR) is 57.8 cm³/mol. The van der Waals surface area contributed by atoms with Gasteiger partial charge in [0.25, 0.3) is 0 Å². The highest BCUT2D eigenvalue weighted by Gasteiger charge is 2.15. The van der Waals surface area contributed by atoms with Crippen LogP contribution >= 0.6 is 0 Å². The minimum atomic E-state index is 0.0214. The molecule has 2 aromatic rings. The molecule has 1 aromatic carbocycles. The van der Waals surface area contributed by atoms with Gasteiger partial charge in [-0.3, -0.25) is 9.48 Å². The molecule has 15 heavy (non-hydrogen) atoms. The molecule has 0 bridgehead atoms. The largest absolute Gasteiger partial charge is 0.287 e. The number of aromatic nitrogens is 2. The minimum Gasteiger partial charge on any atom is -0.287 e. The van der Waals surface area contributed by atoms with Crippen molar-refractivity contribution in [2.45, 2.75) is 6.92 Å². The van der Waals surface area contributed by atoms with E-state index in [4.69, 9.17) is 0 Å². The van der Waals surface area contributed by atoms with Crippen LogP contribution in [0.25, 0.3) is 0 Å². The molecule has 0 N–H and O–H groups in total. The summed E-state index contributed by atoms with van der Waals surface area (Å²) in [6.07, 6.45) is 1.70. The van der Waals surface area contributed by atoms with E-state index in [1.807, 2.05) is 37.3 Å². The van der Waals surface area contributed by atoms with Crippen molar-refractivity contribution in [3.8, 4) is 0 Å². The fraction of sp³-hybridized carbons (Fsp3) is 0.167. The first-order chi connectivity index (χ1) is 7.20. The Balaban J connectivity index is 2.46. The van der Waals surface area contributed by atoms with Gasteiger partial charge in [0.15, 0.2) is 0 Å². The maximum atomic E-state index is 12.1. The maximum Gasteiger partial charge on any atom is 0.211 e. The van der Waals surface area contributed by atoms with Gasteiger partial charge in [-0.25, -0.2) is 0 Å². The topological polar surface area (TPSA) is 34.9 Å². The fourth-order valence-electron chi connectivity index (χ4n) is 1.60. The first-order valence-electron chi connectivity index (χ1n) is 4.78. The average Bonchev–Trinajstić information content (AvgIpc) is 2.59.